The van der Waals surface area contributed by atoms with E-state index in [0.717, 1.165) is 45.3 Å². The van der Waals surface area contributed by atoms with Crippen molar-refractivity contribution < 1.29 is 4.74 Å². The van der Waals surface area contributed by atoms with E-state index in [1.807, 2.05) is 7.05 Å². The predicted molar refractivity (Wildman–Crippen MR) is 83.2 cm³/mol. The van der Waals surface area contributed by atoms with Crippen LogP contribution in [0.15, 0.2) is 4.99 Å². The quantitative estimate of drug-likeness (QED) is 0.620. The van der Waals surface area contributed by atoms with Crippen molar-refractivity contribution >= 4 is 5.96 Å². The SMILES string of the molecule is CCC1(C)CCN(C(=NC)NCC2CN(C)CCO2)C1. The summed E-state index contributed by atoms with van der Waals surface area (Å²) in [6.07, 6.45) is 2.76. The molecule has 0 aliphatic carbocycles. The molecule has 2 aliphatic heterocycles. The Morgan fingerprint density at radius 1 is 1.45 bits per heavy atom. The van der Waals surface area contributed by atoms with E-state index in [0.29, 0.717) is 5.41 Å². The minimum Gasteiger partial charge on any atom is -0.374 e. The van der Waals surface area contributed by atoms with Crippen LogP contribution < -0.4 is 5.32 Å². The number of guanidine groups is 1. The molecule has 0 bridgehead atoms. The number of morpholine rings is 1. The van der Waals surface area contributed by atoms with Crippen molar-refractivity contribution in [3.8, 4) is 0 Å². The van der Waals surface area contributed by atoms with Crippen LogP contribution in [-0.2, 0) is 4.74 Å². The van der Waals surface area contributed by atoms with E-state index in [9.17, 15) is 0 Å². The molecular formula is C15H30N4O. The lowest BCUT2D eigenvalue weighted by Crippen LogP contribution is -2.49. The summed E-state index contributed by atoms with van der Waals surface area (Å²) >= 11 is 0. The topological polar surface area (TPSA) is 40.1 Å². The normalized spacial score (nSPS) is 32.7. The highest BCUT2D eigenvalue weighted by molar-refractivity contribution is 5.80. The summed E-state index contributed by atoms with van der Waals surface area (Å²) in [4.78, 5) is 9.14. The molecule has 0 aromatic rings. The third-order valence-corrected chi connectivity index (χ3v) is 4.75. The Morgan fingerprint density at radius 2 is 2.25 bits per heavy atom. The van der Waals surface area contributed by atoms with Gasteiger partial charge in [-0.15, -0.1) is 0 Å². The smallest absolute Gasteiger partial charge is 0.193 e. The highest BCUT2D eigenvalue weighted by Gasteiger charge is 2.33. The molecule has 0 spiro atoms. The summed E-state index contributed by atoms with van der Waals surface area (Å²) < 4.78 is 5.79. The second-order valence-electron chi connectivity index (χ2n) is 6.52. The van der Waals surface area contributed by atoms with Gasteiger partial charge in [0.15, 0.2) is 5.96 Å². The number of nitrogens with one attached hydrogen (secondary N) is 1. The molecule has 0 amide bonds. The largest absolute Gasteiger partial charge is 0.374 e. The number of aliphatic imine (C=N–C) groups is 1. The molecule has 2 rings (SSSR count). The molecule has 2 unspecified atom stereocenters. The van der Waals surface area contributed by atoms with Gasteiger partial charge in [-0.3, -0.25) is 4.99 Å². The highest BCUT2D eigenvalue weighted by Crippen LogP contribution is 2.32. The van der Waals surface area contributed by atoms with Crippen LogP contribution in [0.1, 0.15) is 26.7 Å². The van der Waals surface area contributed by atoms with E-state index in [1.54, 1.807) is 0 Å². The fourth-order valence-corrected chi connectivity index (χ4v) is 3.02. The molecule has 20 heavy (non-hydrogen) atoms. The van der Waals surface area contributed by atoms with Crippen LogP contribution in [0.5, 0.6) is 0 Å². The lowest BCUT2D eigenvalue weighted by molar-refractivity contribution is -0.0163. The van der Waals surface area contributed by atoms with Gasteiger partial charge in [-0.25, -0.2) is 0 Å². The fraction of sp³-hybridized carbons (Fsp3) is 0.933. The van der Waals surface area contributed by atoms with Gasteiger partial charge in [0.2, 0.25) is 0 Å². The van der Waals surface area contributed by atoms with Crippen molar-refractivity contribution in [2.45, 2.75) is 32.8 Å². The first kappa shape index (κ1) is 15.6. The fourth-order valence-electron chi connectivity index (χ4n) is 3.02. The van der Waals surface area contributed by atoms with Crippen molar-refractivity contribution in [3.05, 3.63) is 0 Å². The zero-order chi connectivity index (χ0) is 14.6. The summed E-state index contributed by atoms with van der Waals surface area (Å²) in [6, 6.07) is 0. The first-order valence-corrected chi connectivity index (χ1v) is 7.82. The summed E-state index contributed by atoms with van der Waals surface area (Å²) in [7, 11) is 4.02. The van der Waals surface area contributed by atoms with Crippen LogP contribution in [0.25, 0.3) is 0 Å². The Labute approximate surface area is 123 Å². The van der Waals surface area contributed by atoms with Gasteiger partial charge in [0.05, 0.1) is 12.7 Å². The Bertz CT molecular complexity index is 347. The molecule has 0 aromatic heterocycles. The Hall–Kier alpha value is -0.810. The molecule has 0 aromatic carbocycles. The van der Waals surface area contributed by atoms with Crippen LogP contribution in [0.4, 0.5) is 0 Å². The molecule has 2 saturated heterocycles. The Balaban J connectivity index is 1.81. The number of nitrogens with zero attached hydrogens (tertiary/aromatic N) is 3. The molecule has 5 nitrogen and oxygen atoms in total. The molecule has 2 heterocycles. The molecule has 2 atom stereocenters. The Morgan fingerprint density at radius 3 is 2.85 bits per heavy atom. The van der Waals surface area contributed by atoms with Crippen molar-refractivity contribution in [2.24, 2.45) is 10.4 Å². The second kappa shape index (κ2) is 6.76. The van der Waals surface area contributed by atoms with E-state index in [-0.39, 0.29) is 6.10 Å². The summed E-state index contributed by atoms with van der Waals surface area (Å²) in [5.41, 5.74) is 0.444. The van der Waals surface area contributed by atoms with Gasteiger partial charge in [-0.2, -0.15) is 0 Å². The third-order valence-electron chi connectivity index (χ3n) is 4.75. The van der Waals surface area contributed by atoms with Gasteiger partial charge in [0, 0.05) is 39.8 Å². The number of likely N-dealkylation sites (N-methyl/N-ethyl adjacent to an activating group) is 1. The maximum Gasteiger partial charge on any atom is 0.193 e. The number of hydrogen-bond donors (Lipinski definition) is 1. The average molecular weight is 282 g/mol. The van der Waals surface area contributed by atoms with E-state index in [4.69, 9.17) is 4.74 Å². The second-order valence-corrected chi connectivity index (χ2v) is 6.52. The van der Waals surface area contributed by atoms with E-state index >= 15 is 0 Å². The first-order valence-electron chi connectivity index (χ1n) is 7.82. The maximum atomic E-state index is 5.79. The zero-order valence-electron chi connectivity index (χ0n) is 13.5. The summed E-state index contributed by atoms with van der Waals surface area (Å²) in [6.45, 7) is 10.6. The number of hydrogen-bond acceptors (Lipinski definition) is 3. The van der Waals surface area contributed by atoms with E-state index in [1.165, 1.54) is 12.8 Å². The minimum absolute atomic E-state index is 0.269. The lowest BCUT2D eigenvalue weighted by atomic mass is 9.87. The number of rotatable bonds is 3. The molecule has 5 heteroatoms. The highest BCUT2D eigenvalue weighted by atomic mass is 16.5. The van der Waals surface area contributed by atoms with Gasteiger partial charge in [0.1, 0.15) is 0 Å². The summed E-state index contributed by atoms with van der Waals surface area (Å²) in [5, 5.41) is 3.49. The molecule has 1 N–H and O–H groups in total. The number of ether oxygens (including phenoxy) is 1. The maximum absolute atomic E-state index is 5.79. The zero-order valence-corrected chi connectivity index (χ0v) is 13.5. The monoisotopic (exact) mass is 282 g/mol. The Kier molecular flexibility index (Phi) is 5.27. The molecule has 116 valence electrons. The van der Waals surface area contributed by atoms with Gasteiger partial charge < -0.3 is 19.9 Å². The van der Waals surface area contributed by atoms with Crippen molar-refractivity contribution in [3.63, 3.8) is 0 Å². The van der Waals surface area contributed by atoms with Crippen LogP contribution in [0, 0.1) is 5.41 Å². The van der Waals surface area contributed by atoms with Crippen molar-refractivity contribution in [1.82, 2.24) is 15.1 Å². The van der Waals surface area contributed by atoms with Gasteiger partial charge >= 0.3 is 0 Å². The average Bonchev–Trinajstić information content (AvgIpc) is 2.83. The lowest BCUT2D eigenvalue weighted by Gasteiger charge is -2.31. The van der Waals surface area contributed by atoms with Crippen molar-refractivity contribution in [1.29, 1.82) is 0 Å². The minimum atomic E-state index is 0.269. The summed E-state index contributed by atoms with van der Waals surface area (Å²) in [5.74, 6) is 1.03. The van der Waals surface area contributed by atoms with Gasteiger partial charge in [0.25, 0.3) is 0 Å². The van der Waals surface area contributed by atoms with Crippen LogP contribution in [0.2, 0.25) is 0 Å². The molecule has 2 fully saturated rings. The number of likely N-dealkylation sites (tertiary alicyclic amines) is 1. The molecular weight excluding hydrogens is 252 g/mol. The van der Waals surface area contributed by atoms with Crippen LogP contribution in [-0.4, -0.2) is 75.3 Å². The van der Waals surface area contributed by atoms with Gasteiger partial charge in [-0.1, -0.05) is 13.8 Å². The standard InChI is InChI=1S/C15H30N4O/c1-5-15(2)6-7-19(12-15)14(16-3)17-10-13-11-18(4)8-9-20-13/h13H,5-12H2,1-4H3,(H,16,17). The van der Waals surface area contributed by atoms with E-state index in [2.05, 4.69) is 41.0 Å². The van der Waals surface area contributed by atoms with Crippen LogP contribution >= 0.6 is 0 Å². The molecule has 0 saturated carbocycles. The predicted octanol–water partition coefficient (Wildman–Crippen LogP) is 1.01. The van der Waals surface area contributed by atoms with E-state index < -0.39 is 0 Å². The van der Waals surface area contributed by atoms with Gasteiger partial charge in [-0.05, 0) is 25.3 Å². The van der Waals surface area contributed by atoms with Crippen molar-refractivity contribution in [2.75, 3.05) is 53.4 Å². The molecule has 0 radical (unpaired) electrons. The van der Waals surface area contributed by atoms with Crippen LogP contribution in [0.3, 0.4) is 0 Å². The third kappa shape index (κ3) is 3.85. The first-order chi connectivity index (χ1) is 9.56. The molecule has 2 aliphatic rings.